The van der Waals surface area contributed by atoms with E-state index in [1.165, 1.54) is 0 Å². The first-order valence-electron chi connectivity index (χ1n) is 9.75. The van der Waals surface area contributed by atoms with Crippen LogP contribution in [0.1, 0.15) is 17.5 Å². The van der Waals surface area contributed by atoms with Crippen LogP contribution in [0, 0.1) is 5.82 Å². The van der Waals surface area contributed by atoms with E-state index in [0.29, 0.717) is 18.2 Å². The number of carbonyl (C=O) groups excluding carboxylic acids is 1. The van der Waals surface area contributed by atoms with Crippen molar-refractivity contribution in [2.45, 2.75) is 42.2 Å². The number of amides is 1. The largest absolute Gasteiger partial charge is 0.489 e. The monoisotopic (exact) mass is 528 g/mol. The van der Waals surface area contributed by atoms with E-state index in [0.717, 1.165) is 29.7 Å². The van der Waals surface area contributed by atoms with Crippen LogP contribution in [-0.2, 0) is 27.6 Å². The van der Waals surface area contributed by atoms with Crippen LogP contribution in [0.15, 0.2) is 47.4 Å². The Bertz CT molecular complexity index is 1190. The summed E-state index contributed by atoms with van der Waals surface area (Å²) in [5.41, 5.74) is -0.555. The zero-order chi connectivity index (χ0) is 26.2. The lowest BCUT2D eigenvalue weighted by molar-refractivity contribution is -0.162. The highest BCUT2D eigenvalue weighted by molar-refractivity contribution is 7.89. The van der Waals surface area contributed by atoms with Crippen molar-refractivity contribution in [3.8, 4) is 5.75 Å². The second kappa shape index (κ2) is 9.64. The smallest absolute Gasteiger partial charge is 0.416 e. The Kier molecular flexibility index (Phi) is 7.36. The predicted octanol–water partition coefficient (Wildman–Crippen LogP) is 2.69. The van der Waals surface area contributed by atoms with Crippen molar-refractivity contribution < 1.29 is 54.6 Å². The highest BCUT2D eigenvalue weighted by Crippen LogP contribution is 2.35. The van der Waals surface area contributed by atoms with Crippen molar-refractivity contribution in [1.82, 2.24) is 9.79 Å². The zero-order valence-electron chi connectivity index (χ0n) is 17.5. The summed E-state index contributed by atoms with van der Waals surface area (Å²) in [7, 11) is -4.82. The third kappa shape index (κ3) is 5.86. The van der Waals surface area contributed by atoms with E-state index in [-0.39, 0.29) is 10.1 Å². The molecule has 3 N–H and O–H groups in total. The minimum Gasteiger partial charge on any atom is -0.489 e. The molecule has 0 radical (unpaired) electrons. The van der Waals surface area contributed by atoms with Crippen LogP contribution in [-0.4, -0.2) is 53.6 Å². The number of hydrogen-bond acceptors (Lipinski definition) is 6. The van der Waals surface area contributed by atoms with E-state index < -0.39 is 81.6 Å². The molecule has 3 rings (SSSR count). The molecule has 192 valence electrons. The topological polar surface area (TPSA) is 116 Å². The quantitative estimate of drug-likeness (QED) is 0.302. The van der Waals surface area contributed by atoms with Crippen LogP contribution in [0.25, 0.3) is 0 Å². The third-order valence-electron chi connectivity index (χ3n) is 5.13. The molecule has 8 nitrogen and oxygen atoms in total. The Morgan fingerprint density at radius 1 is 1.20 bits per heavy atom. The summed E-state index contributed by atoms with van der Waals surface area (Å²) in [4.78, 5) is 11.2. The van der Waals surface area contributed by atoms with Crippen molar-refractivity contribution in [2.75, 3.05) is 6.54 Å². The highest BCUT2D eigenvalue weighted by Gasteiger charge is 2.52. The van der Waals surface area contributed by atoms with Crippen LogP contribution in [0.4, 0.5) is 26.3 Å². The Morgan fingerprint density at radius 2 is 1.83 bits per heavy atom. The molecule has 1 aliphatic heterocycles. The minimum absolute atomic E-state index is 0.0466. The molecule has 0 bridgehead atoms. The maximum Gasteiger partial charge on any atom is 0.416 e. The number of hydroxylamine groups is 1. The van der Waals surface area contributed by atoms with Gasteiger partial charge in [-0.25, -0.2) is 27.1 Å². The fraction of sp³-hybridized carbons (Fsp3) is 0.350. The number of nitrogens with one attached hydrogen (secondary N) is 1. The fourth-order valence-electron chi connectivity index (χ4n) is 3.55. The van der Waals surface area contributed by atoms with Crippen molar-refractivity contribution in [1.29, 1.82) is 0 Å². The van der Waals surface area contributed by atoms with E-state index >= 15 is 0 Å². The summed E-state index contributed by atoms with van der Waals surface area (Å²) < 4.78 is 112. The first kappa shape index (κ1) is 26.7. The minimum atomic E-state index is -4.82. The van der Waals surface area contributed by atoms with Gasteiger partial charge in [-0.05, 0) is 42.5 Å². The number of nitrogens with zero attached hydrogens (tertiary/aromatic N) is 1. The van der Waals surface area contributed by atoms with E-state index in [4.69, 9.17) is 9.94 Å². The second-order valence-corrected chi connectivity index (χ2v) is 9.56. The van der Waals surface area contributed by atoms with Gasteiger partial charge in [-0.3, -0.25) is 10.0 Å². The number of aliphatic hydroxyl groups is 1. The van der Waals surface area contributed by atoms with Gasteiger partial charge in [-0.15, -0.1) is 0 Å². The van der Waals surface area contributed by atoms with Gasteiger partial charge in [0.2, 0.25) is 15.9 Å². The number of ether oxygens (including phenoxy) is 1. The molecule has 15 heteroatoms. The van der Waals surface area contributed by atoms with Gasteiger partial charge < -0.3 is 9.84 Å². The number of β-amino-alcohol motifs (C(OH)–C–C–N with tert-alkyl or cyclic N) is 1. The van der Waals surface area contributed by atoms with E-state index in [1.807, 2.05) is 0 Å². The van der Waals surface area contributed by atoms with E-state index in [2.05, 4.69) is 0 Å². The summed E-state index contributed by atoms with van der Waals surface area (Å²) in [6.07, 6.45) is -8.50. The van der Waals surface area contributed by atoms with Gasteiger partial charge in [0.15, 0.2) is 0 Å². The lowest BCUT2D eigenvalue weighted by Gasteiger charge is -2.40. The van der Waals surface area contributed by atoms with Crippen molar-refractivity contribution in [3.63, 3.8) is 0 Å². The first-order valence-corrected chi connectivity index (χ1v) is 11.2. The molecule has 2 aromatic rings. The maximum atomic E-state index is 14.3. The molecule has 0 spiro atoms. The van der Waals surface area contributed by atoms with E-state index in [1.54, 1.807) is 0 Å². The summed E-state index contributed by atoms with van der Waals surface area (Å²) in [5, 5.41) is 18.4. The molecular formula is C20H18F6N2O6S. The average molecular weight is 528 g/mol. The zero-order valence-corrected chi connectivity index (χ0v) is 18.3. The number of halogens is 6. The van der Waals surface area contributed by atoms with Crippen LogP contribution in [0.3, 0.4) is 0 Å². The molecule has 35 heavy (non-hydrogen) atoms. The Morgan fingerprint density at radius 3 is 2.40 bits per heavy atom. The van der Waals surface area contributed by atoms with Crippen LogP contribution in [0.2, 0.25) is 0 Å². The molecule has 1 amide bonds. The van der Waals surface area contributed by atoms with Gasteiger partial charge in [0.1, 0.15) is 30.4 Å². The first-order chi connectivity index (χ1) is 16.2. The standard InChI is InChI=1S/C20H18F6N2O6S/c21-12-1-6-15(20(24,25)26)11(7-12)9-34-13-2-4-14(5-3-13)35(32,33)28-10-19(23,30)8-16(22)17(28)18(29)27-31/h1-7,16-17,30-31H,8-10H2,(H,27,29). The lowest BCUT2D eigenvalue weighted by atomic mass is 9.98. The molecule has 3 atom stereocenters. The van der Waals surface area contributed by atoms with Crippen LogP contribution in [0.5, 0.6) is 5.75 Å². The molecule has 1 fully saturated rings. The van der Waals surface area contributed by atoms with Gasteiger partial charge in [-0.1, -0.05) is 0 Å². The summed E-state index contributed by atoms with van der Waals surface area (Å²) in [6.45, 7) is -2.03. The average Bonchev–Trinajstić information content (AvgIpc) is 2.75. The Balaban J connectivity index is 1.84. The third-order valence-corrected chi connectivity index (χ3v) is 6.98. The molecule has 0 aromatic heterocycles. The lowest BCUT2D eigenvalue weighted by Crippen LogP contribution is -2.62. The number of sulfonamides is 1. The fourth-order valence-corrected chi connectivity index (χ4v) is 5.20. The number of hydrogen-bond donors (Lipinski definition) is 3. The molecule has 1 saturated heterocycles. The molecule has 3 unspecified atom stereocenters. The molecule has 1 heterocycles. The number of benzene rings is 2. The summed E-state index contributed by atoms with van der Waals surface area (Å²) in [5.74, 6) is -5.86. The van der Waals surface area contributed by atoms with Gasteiger partial charge in [0.25, 0.3) is 5.91 Å². The number of alkyl halides is 5. The maximum absolute atomic E-state index is 14.3. The number of rotatable bonds is 6. The van der Waals surface area contributed by atoms with Crippen molar-refractivity contribution >= 4 is 15.9 Å². The SMILES string of the molecule is O=C(NO)C1C(F)CC(O)(F)CN1S(=O)(=O)c1ccc(OCc2cc(F)ccc2C(F)(F)F)cc1. The molecule has 1 aliphatic rings. The second-order valence-electron chi connectivity index (χ2n) is 7.67. The Hall–Kier alpha value is -2.88. The summed E-state index contributed by atoms with van der Waals surface area (Å²) in [6, 6.07) is 3.42. The molecule has 0 aliphatic carbocycles. The number of carbonyl (C=O) groups is 1. The summed E-state index contributed by atoms with van der Waals surface area (Å²) >= 11 is 0. The van der Waals surface area contributed by atoms with Gasteiger partial charge in [-0.2, -0.15) is 17.5 Å². The van der Waals surface area contributed by atoms with Crippen LogP contribution >= 0.6 is 0 Å². The van der Waals surface area contributed by atoms with Crippen molar-refractivity contribution in [2.24, 2.45) is 0 Å². The van der Waals surface area contributed by atoms with Crippen molar-refractivity contribution in [3.05, 3.63) is 59.4 Å². The van der Waals surface area contributed by atoms with E-state index in [9.17, 15) is 44.7 Å². The predicted molar refractivity (Wildman–Crippen MR) is 105 cm³/mol. The van der Waals surface area contributed by atoms with Gasteiger partial charge in [0.05, 0.1) is 17.0 Å². The van der Waals surface area contributed by atoms with Crippen LogP contribution < -0.4 is 10.2 Å². The normalized spacial score (nSPS) is 23.7. The Labute approximate surface area is 194 Å². The molecule has 2 aromatic carbocycles. The highest BCUT2D eigenvalue weighted by atomic mass is 32.2. The van der Waals surface area contributed by atoms with Gasteiger partial charge in [0, 0.05) is 12.0 Å². The number of piperidine rings is 1. The molecule has 0 saturated carbocycles. The van der Waals surface area contributed by atoms with Gasteiger partial charge >= 0.3 is 6.18 Å². The molecular weight excluding hydrogens is 510 g/mol.